The maximum atomic E-state index is 9.50. The first-order chi connectivity index (χ1) is 13.4. The summed E-state index contributed by atoms with van der Waals surface area (Å²) in [6.07, 6.45) is 23.7. The molecule has 0 aromatic heterocycles. The van der Waals surface area contributed by atoms with E-state index in [1.54, 1.807) is 0 Å². The Morgan fingerprint density at radius 2 is 1.52 bits per heavy atom. The smallest absolute Gasteiger partial charge is 0.0895 e. The van der Waals surface area contributed by atoms with Crippen molar-refractivity contribution >= 4 is 11.8 Å². The Labute approximate surface area is 174 Å². The van der Waals surface area contributed by atoms with Crippen molar-refractivity contribution < 1.29 is 9.84 Å². The largest absolute Gasteiger partial charge is 0.394 e. The fraction of sp³-hybridized carbons (Fsp3) is 1.00. The van der Waals surface area contributed by atoms with E-state index < -0.39 is 0 Å². The van der Waals surface area contributed by atoms with E-state index in [2.05, 4.69) is 6.92 Å². The van der Waals surface area contributed by atoms with Gasteiger partial charge in [0.05, 0.1) is 12.7 Å². The summed E-state index contributed by atoms with van der Waals surface area (Å²) in [5.74, 6) is 3.22. The summed E-state index contributed by atoms with van der Waals surface area (Å²) in [7, 11) is 0. The van der Waals surface area contributed by atoms with Gasteiger partial charge in [0.25, 0.3) is 0 Å². The molecule has 0 aromatic carbocycles. The molecule has 1 atom stereocenters. The molecule has 0 unspecified atom stereocenters. The molecule has 0 aromatic rings. The van der Waals surface area contributed by atoms with Crippen LogP contribution < -0.4 is 0 Å². The summed E-state index contributed by atoms with van der Waals surface area (Å²) in [4.78, 5) is 0. The van der Waals surface area contributed by atoms with E-state index in [0.717, 1.165) is 24.7 Å². The molecule has 0 bridgehead atoms. The number of thioether (sulfide) groups is 1. The van der Waals surface area contributed by atoms with Gasteiger partial charge in [-0.1, -0.05) is 103 Å². The Hall–Kier alpha value is 0.270. The SMILES string of the molecule is CCCCCCCCCCO[C@@H](CO)CSCCCCCC1CCCCC1. The Morgan fingerprint density at radius 1 is 0.852 bits per heavy atom. The molecule has 2 nitrogen and oxygen atoms in total. The van der Waals surface area contributed by atoms with Crippen molar-refractivity contribution in [2.75, 3.05) is 24.7 Å². The van der Waals surface area contributed by atoms with E-state index in [0.29, 0.717) is 0 Å². The molecule has 27 heavy (non-hydrogen) atoms. The van der Waals surface area contributed by atoms with Crippen LogP contribution in [0.15, 0.2) is 0 Å². The second-order valence-electron chi connectivity index (χ2n) is 8.58. The van der Waals surface area contributed by atoms with Crippen molar-refractivity contribution in [1.29, 1.82) is 0 Å². The summed E-state index contributed by atoms with van der Waals surface area (Å²) >= 11 is 1.97. The Morgan fingerprint density at radius 3 is 2.22 bits per heavy atom. The molecule has 1 aliphatic carbocycles. The van der Waals surface area contributed by atoms with E-state index >= 15 is 0 Å². The van der Waals surface area contributed by atoms with Gasteiger partial charge in [-0.3, -0.25) is 0 Å². The number of hydrogen-bond acceptors (Lipinski definition) is 3. The van der Waals surface area contributed by atoms with Crippen LogP contribution in [0.2, 0.25) is 0 Å². The van der Waals surface area contributed by atoms with Crippen LogP contribution in [-0.4, -0.2) is 35.9 Å². The highest BCUT2D eigenvalue weighted by Crippen LogP contribution is 2.28. The maximum absolute atomic E-state index is 9.50. The van der Waals surface area contributed by atoms with Crippen LogP contribution in [0, 0.1) is 5.92 Å². The van der Waals surface area contributed by atoms with E-state index in [1.807, 2.05) is 11.8 Å². The summed E-state index contributed by atoms with van der Waals surface area (Å²) in [5.41, 5.74) is 0. The van der Waals surface area contributed by atoms with Gasteiger partial charge < -0.3 is 9.84 Å². The molecular weight excluding hydrogens is 352 g/mol. The van der Waals surface area contributed by atoms with Gasteiger partial charge in [-0.2, -0.15) is 11.8 Å². The summed E-state index contributed by atoms with van der Waals surface area (Å²) in [6, 6.07) is 0. The van der Waals surface area contributed by atoms with E-state index in [1.165, 1.54) is 108 Å². The zero-order chi connectivity index (χ0) is 19.4. The summed E-state index contributed by atoms with van der Waals surface area (Å²) < 4.78 is 5.87. The standard InChI is InChI=1S/C24H48O2S/c1-2-3-4-5-6-7-8-14-19-26-24(21-25)22-27-20-15-10-13-18-23-16-11-9-12-17-23/h23-25H,2-22H2,1H3/t24-/m0/s1. The predicted molar refractivity (Wildman–Crippen MR) is 122 cm³/mol. The minimum atomic E-state index is 0.0433. The number of rotatable bonds is 19. The average Bonchev–Trinajstić information content (AvgIpc) is 2.71. The highest BCUT2D eigenvalue weighted by Gasteiger charge is 2.12. The Kier molecular flexibility index (Phi) is 18.4. The molecule has 0 heterocycles. The second kappa shape index (κ2) is 19.6. The third-order valence-corrected chi connectivity index (χ3v) is 7.17. The minimum absolute atomic E-state index is 0.0433. The van der Waals surface area contributed by atoms with Gasteiger partial charge in [-0.05, 0) is 24.5 Å². The molecule has 0 saturated heterocycles. The molecule has 0 radical (unpaired) electrons. The average molecular weight is 401 g/mol. The van der Waals surface area contributed by atoms with Gasteiger partial charge in [-0.15, -0.1) is 0 Å². The third-order valence-electron chi connectivity index (χ3n) is 5.98. The molecule has 0 aliphatic heterocycles. The predicted octanol–water partition coefficient (Wildman–Crippen LogP) is 7.38. The Balaban J connectivity index is 1.82. The monoisotopic (exact) mass is 400 g/mol. The number of hydrogen-bond donors (Lipinski definition) is 1. The highest BCUT2D eigenvalue weighted by molar-refractivity contribution is 7.99. The third kappa shape index (κ3) is 15.8. The molecule has 0 spiro atoms. The van der Waals surface area contributed by atoms with E-state index in [9.17, 15) is 5.11 Å². The molecule has 162 valence electrons. The minimum Gasteiger partial charge on any atom is -0.394 e. The molecular formula is C24H48O2S. The molecule has 1 saturated carbocycles. The van der Waals surface area contributed by atoms with Gasteiger partial charge >= 0.3 is 0 Å². The van der Waals surface area contributed by atoms with Gasteiger partial charge in [-0.25, -0.2) is 0 Å². The summed E-state index contributed by atoms with van der Waals surface area (Å²) in [6.45, 7) is 3.26. The lowest BCUT2D eigenvalue weighted by Gasteiger charge is -2.21. The van der Waals surface area contributed by atoms with Crippen LogP contribution in [0.3, 0.4) is 0 Å². The van der Waals surface area contributed by atoms with Gasteiger partial charge in [0.1, 0.15) is 0 Å². The number of aliphatic hydroxyl groups excluding tert-OH is 1. The van der Waals surface area contributed by atoms with Crippen molar-refractivity contribution in [3.05, 3.63) is 0 Å². The first-order valence-corrected chi connectivity index (χ1v) is 13.3. The molecule has 1 N–H and O–H groups in total. The lowest BCUT2D eigenvalue weighted by atomic mass is 9.86. The van der Waals surface area contributed by atoms with Crippen molar-refractivity contribution in [2.45, 2.75) is 122 Å². The quantitative estimate of drug-likeness (QED) is 0.229. The first-order valence-electron chi connectivity index (χ1n) is 12.2. The van der Waals surface area contributed by atoms with Gasteiger partial charge in [0.2, 0.25) is 0 Å². The van der Waals surface area contributed by atoms with Crippen LogP contribution in [-0.2, 0) is 4.74 Å². The lowest BCUT2D eigenvalue weighted by molar-refractivity contribution is 0.0260. The van der Waals surface area contributed by atoms with Crippen molar-refractivity contribution in [2.24, 2.45) is 5.92 Å². The maximum Gasteiger partial charge on any atom is 0.0895 e. The normalized spacial score (nSPS) is 16.7. The summed E-state index contributed by atoms with van der Waals surface area (Å²) in [5, 5.41) is 9.50. The first kappa shape index (κ1) is 25.3. The topological polar surface area (TPSA) is 29.5 Å². The second-order valence-corrected chi connectivity index (χ2v) is 9.73. The lowest BCUT2D eigenvalue weighted by Crippen LogP contribution is -2.21. The number of unbranched alkanes of at least 4 members (excludes halogenated alkanes) is 9. The van der Waals surface area contributed by atoms with Crippen LogP contribution in [0.5, 0.6) is 0 Å². The van der Waals surface area contributed by atoms with Crippen LogP contribution in [0.4, 0.5) is 0 Å². The van der Waals surface area contributed by atoms with Crippen LogP contribution in [0.25, 0.3) is 0 Å². The molecule has 1 aliphatic rings. The highest BCUT2D eigenvalue weighted by atomic mass is 32.2. The van der Waals surface area contributed by atoms with E-state index in [-0.39, 0.29) is 12.7 Å². The molecule has 0 amide bonds. The van der Waals surface area contributed by atoms with Crippen LogP contribution in [0.1, 0.15) is 116 Å². The van der Waals surface area contributed by atoms with Crippen molar-refractivity contribution in [3.8, 4) is 0 Å². The van der Waals surface area contributed by atoms with Crippen molar-refractivity contribution in [1.82, 2.24) is 0 Å². The Bertz CT molecular complexity index is 292. The van der Waals surface area contributed by atoms with Crippen molar-refractivity contribution in [3.63, 3.8) is 0 Å². The molecule has 1 rings (SSSR count). The fourth-order valence-electron chi connectivity index (χ4n) is 4.14. The molecule has 1 fully saturated rings. The zero-order valence-electron chi connectivity index (χ0n) is 18.3. The van der Waals surface area contributed by atoms with Crippen LogP contribution >= 0.6 is 11.8 Å². The van der Waals surface area contributed by atoms with Gasteiger partial charge in [0.15, 0.2) is 0 Å². The number of ether oxygens (including phenoxy) is 1. The molecule has 3 heteroatoms. The zero-order valence-corrected chi connectivity index (χ0v) is 19.1. The fourth-order valence-corrected chi connectivity index (χ4v) is 5.18. The van der Waals surface area contributed by atoms with E-state index in [4.69, 9.17) is 4.74 Å². The number of aliphatic hydroxyl groups is 1. The van der Waals surface area contributed by atoms with Gasteiger partial charge in [0, 0.05) is 12.4 Å².